The molecule has 6 heteroatoms. The summed E-state index contributed by atoms with van der Waals surface area (Å²) in [5.41, 5.74) is 2.44. The zero-order valence-corrected chi connectivity index (χ0v) is 17.5. The molecule has 0 unspecified atom stereocenters. The molecular weight excluding hydrogens is 369 g/mol. The van der Waals surface area contributed by atoms with Gasteiger partial charge in [0.2, 0.25) is 5.88 Å². The molecule has 29 heavy (non-hydrogen) atoms. The molecule has 2 heterocycles. The van der Waals surface area contributed by atoms with E-state index in [0.717, 1.165) is 30.7 Å². The third-order valence-corrected chi connectivity index (χ3v) is 4.49. The summed E-state index contributed by atoms with van der Waals surface area (Å²) in [6.45, 7) is 12.1. The standard InChI is InChI=1S/C21H24FN3O2.C2H6/c1-3-6-16(4-2)15-27-20-13-19-14-24(11-5-12-25(19)23-20)21(26)17-7-9-18(22)10-8-17;1-2/h4,6-10,13H,2-3,5,11-12,14-15H2,1H3;1-2H3/b16-6+;. The van der Waals surface area contributed by atoms with Crippen LogP contribution in [0.2, 0.25) is 0 Å². The number of aryl methyl sites for hydroxylation is 1. The van der Waals surface area contributed by atoms with E-state index in [9.17, 15) is 9.18 Å². The first kappa shape index (κ1) is 22.4. The van der Waals surface area contributed by atoms with E-state index in [2.05, 4.69) is 24.7 Å². The van der Waals surface area contributed by atoms with Gasteiger partial charge in [-0.25, -0.2) is 4.39 Å². The molecule has 156 valence electrons. The highest BCUT2D eigenvalue weighted by Gasteiger charge is 2.22. The van der Waals surface area contributed by atoms with Gasteiger partial charge in [0.25, 0.3) is 5.91 Å². The van der Waals surface area contributed by atoms with Crippen LogP contribution in [-0.4, -0.2) is 33.7 Å². The van der Waals surface area contributed by atoms with Gasteiger partial charge in [0, 0.05) is 24.7 Å². The largest absolute Gasteiger partial charge is 0.472 e. The topological polar surface area (TPSA) is 47.4 Å². The lowest BCUT2D eigenvalue weighted by Gasteiger charge is -2.20. The monoisotopic (exact) mass is 399 g/mol. The molecule has 1 amide bonds. The number of halogens is 1. The average Bonchev–Trinajstić information content (AvgIpc) is 3.02. The van der Waals surface area contributed by atoms with Crippen LogP contribution in [0.5, 0.6) is 5.88 Å². The highest BCUT2D eigenvalue weighted by atomic mass is 19.1. The van der Waals surface area contributed by atoms with Crippen molar-refractivity contribution in [1.82, 2.24) is 14.7 Å². The van der Waals surface area contributed by atoms with Crippen LogP contribution in [-0.2, 0) is 13.1 Å². The summed E-state index contributed by atoms with van der Waals surface area (Å²) in [6, 6.07) is 7.53. The molecule has 0 aliphatic carbocycles. The van der Waals surface area contributed by atoms with Gasteiger partial charge in [0.15, 0.2) is 0 Å². The molecular formula is C23H30FN3O2. The number of benzene rings is 1. The van der Waals surface area contributed by atoms with Crippen LogP contribution in [0.4, 0.5) is 4.39 Å². The molecule has 1 aromatic carbocycles. The van der Waals surface area contributed by atoms with Gasteiger partial charge < -0.3 is 9.64 Å². The SMILES string of the molecule is C=C/C(=C\CC)COc1cc2n(n1)CCCN(C(=O)c1ccc(F)cc1)C2.CC. The fourth-order valence-corrected chi connectivity index (χ4v) is 3.08. The summed E-state index contributed by atoms with van der Waals surface area (Å²) >= 11 is 0. The maximum atomic E-state index is 13.1. The van der Waals surface area contributed by atoms with Crippen molar-refractivity contribution in [2.75, 3.05) is 13.2 Å². The Kier molecular flexibility index (Phi) is 8.65. The Morgan fingerprint density at radius 3 is 2.66 bits per heavy atom. The third-order valence-electron chi connectivity index (χ3n) is 4.49. The maximum absolute atomic E-state index is 13.1. The Hall–Kier alpha value is -2.89. The number of nitrogens with zero attached hydrogens (tertiary/aromatic N) is 3. The number of carbonyl (C=O) groups excluding carboxylic acids is 1. The number of hydrogen-bond acceptors (Lipinski definition) is 3. The number of hydrogen-bond donors (Lipinski definition) is 0. The average molecular weight is 400 g/mol. The van der Waals surface area contributed by atoms with E-state index < -0.39 is 0 Å². The van der Waals surface area contributed by atoms with Crippen LogP contribution in [0.1, 0.15) is 49.7 Å². The van der Waals surface area contributed by atoms with Crippen LogP contribution in [0.3, 0.4) is 0 Å². The van der Waals surface area contributed by atoms with Gasteiger partial charge >= 0.3 is 0 Å². The second-order valence-electron chi connectivity index (χ2n) is 6.46. The summed E-state index contributed by atoms with van der Waals surface area (Å²) in [5, 5.41) is 4.50. The van der Waals surface area contributed by atoms with Crippen molar-refractivity contribution in [1.29, 1.82) is 0 Å². The van der Waals surface area contributed by atoms with Crippen LogP contribution in [0.15, 0.2) is 54.6 Å². The summed E-state index contributed by atoms with van der Waals surface area (Å²) in [5.74, 6) is 0.0928. The van der Waals surface area contributed by atoms with Gasteiger partial charge in [-0.05, 0) is 42.7 Å². The predicted octanol–water partition coefficient (Wildman–Crippen LogP) is 5.00. The van der Waals surface area contributed by atoms with Gasteiger partial charge in [-0.15, -0.1) is 5.10 Å². The molecule has 3 rings (SSSR count). The molecule has 0 fully saturated rings. The molecule has 1 aromatic heterocycles. The molecule has 0 N–H and O–H groups in total. The van der Waals surface area contributed by atoms with Gasteiger partial charge in [-0.1, -0.05) is 39.5 Å². The normalized spacial score (nSPS) is 13.7. The summed E-state index contributed by atoms with van der Waals surface area (Å²) in [4.78, 5) is 14.5. The highest BCUT2D eigenvalue weighted by molar-refractivity contribution is 5.94. The fraction of sp³-hybridized carbons (Fsp3) is 0.391. The van der Waals surface area contributed by atoms with Crippen molar-refractivity contribution >= 4 is 5.91 Å². The Balaban J connectivity index is 0.00000145. The number of carbonyl (C=O) groups is 1. The number of ether oxygens (including phenoxy) is 1. The smallest absolute Gasteiger partial charge is 0.254 e. The van der Waals surface area contributed by atoms with Crippen molar-refractivity contribution in [3.05, 3.63) is 71.7 Å². The van der Waals surface area contributed by atoms with E-state index >= 15 is 0 Å². The van der Waals surface area contributed by atoms with E-state index in [0.29, 0.717) is 31.1 Å². The van der Waals surface area contributed by atoms with E-state index in [1.54, 1.807) is 11.0 Å². The molecule has 2 aromatic rings. The minimum absolute atomic E-state index is 0.105. The lowest BCUT2D eigenvalue weighted by molar-refractivity contribution is 0.0745. The molecule has 0 radical (unpaired) electrons. The Morgan fingerprint density at radius 1 is 1.28 bits per heavy atom. The lowest BCUT2D eigenvalue weighted by atomic mass is 10.2. The van der Waals surface area contributed by atoms with E-state index in [4.69, 9.17) is 4.74 Å². The first-order valence-corrected chi connectivity index (χ1v) is 10.2. The van der Waals surface area contributed by atoms with E-state index in [1.165, 1.54) is 24.3 Å². The first-order chi connectivity index (χ1) is 14.1. The number of allylic oxidation sites excluding steroid dienone is 1. The maximum Gasteiger partial charge on any atom is 0.254 e. The zero-order valence-electron chi connectivity index (χ0n) is 17.5. The molecule has 1 aliphatic heterocycles. The fourth-order valence-electron chi connectivity index (χ4n) is 3.08. The quantitative estimate of drug-likeness (QED) is 0.643. The van der Waals surface area contributed by atoms with E-state index in [-0.39, 0.29) is 11.7 Å². The van der Waals surface area contributed by atoms with Gasteiger partial charge in [-0.3, -0.25) is 9.48 Å². The van der Waals surface area contributed by atoms with Crippen molar-refractivity contribution in [3.8, 4) is 5.88 Å². The Bertz CT molecular complexity index is 840. The number of rotatable bonds is 6. The van der Waals surface area contributed by atoms with Gasteiger partial charge in [0.05, 0.1) is 12.2 Å². The summed E-state index contributed by atoms with van der Waals surface area (Å²) in [6.07, 6.45) is 5.57. The minimum Gasteiger partial charge on any atom is -0.472 e. The second kappa shape index (κ2) is 11.2. The highest BCUT2D eigenvalue weighted by Crippen LogP contribution is 2.20. The van der Waals surface area contributed by atoms with Crippen LogP contribution < -0.4 is 4.74 Å². The molecule has 5 nitrogen and oxygen atoms in total. The van der Waals surface area contributed by atoms with Crippen LogP contribution in [0, 0.1) is 5.82 Å². The number of fused-ring (bicyclic) bond motifs is 1. The first-order valence-electron chi connectivity index (χ1n) is 10.2. The van der Waals surface area contributed by atoms with Crippen molar-refractivity contribution in [2.24, 2.45) is 0 Å². The van der Waals surface area contributed by atoms with Crippen molar-refractivity contribution < 1.29 is 13.9 Å². The van der Waals surface area contributed by atoms with Crippen molar-refractivity contribution in [3.63, 3.8) is 0 Å². The van der Waals surface area contributed by atoms with Crippen LogP contribution in [0.25, 0.3) is 0 Å². The van der Waals surface area contributed by atoms with Gasteiger partial charge in [0.1, 0.15) is 12.4 Å². The third kappa shape index (κ3) is 6.04. The van der Waals surface area contributed by atoms with Crippen molar-refractivity contribution in [2.45, 2.75) is 46.7 Å². The molecule has 0 saturated heterocycles. The zero-order chi connectivity index (χ0) is 21.2. The molecule has 0 spiro atoms. The van der Waals surface area contributed by atoms with Crippen LogP contribution >= 0.6 is 0 Å². The molecule has 0 saturated carbocycles. The number of amides is 1. The predicted molar refractivity (Wildman–Crippen MR) is 113 cm³/mol. The second-order valence-corrected chi connectivity index (χ2v) is 6.46. The Morgan fingerprint density at radius 2 is 2.00 bits per heavy atom. The van der Waals surface area contributed by atoms with E-state index in [1.807, 2.05) is 24.6 Å². The summed E-state index contributed by atoms with van der Waals surface area (Å²) in [7, 11) is 0. The van der Waals surface area contributed by atoms with Gasteiger partial charge in [-0.2, -0.15) is 0 Å². The molecule has 0 atom stereocenters. The number of aromatic nitrogens is 2. The lowest BCUT2D eigenvalue weighted by Crippen LogP contribution is -2.30. The Labute approximate surface area is 172 Å². The summed E-state index contributed by atoms with van der Waals surface area (Å²) < 4.78 is 20.8. The molecule has 0 bridgehead atoms. The molecule has 1 aliphatic rings. The minimum atomic E-state index is -0.349.